The highest BCUT2D eigenvalue weighted by atomic mass is 35.5. The monoisotopic (exact) mass is 298 g/mol. The summed E-state index contributed by atoms with van der Waals surface area (Å²) in [5, 5.41) is 3.49. The molecule has 5 nitrogen and oxygen atoms in total. The number of carbonyl (C=O) groups is 1. The van der Waals surface area contributed by atoms with Gasteiger partial charge >= 0.3 is 0 Å². The first-order chi connectivity index (χ1) is 9.69. The summed E-state index contributed by atoms with van der Waals surface area (Å²) in [4.78, 5) is 11.8. The Labute approximate surface area is 123 Å². The lowest BCUT2D eigenvalue weighted by Crippen LogP contribution is -2.41. The fraction of sp³-hybridized carbons (Fsp3) is 0.500. The second-order valence-electron chi connectivity index (χ2n) is 4.70. The van der Waals surface area contributed by atoms with Gasteiger partial charge in [0.25, 0.3) is 5.91 Å². The van der Waals surface area contributed by atoms with Crippen LogP contribution >= 0.6 is 11.6 Å². The smallest absolute Gasteiger partial charge is 0.258 e. The van der Waals surface area contributed by atoms with Crippen LogP contribution in [0.25, 0.3) is 0 Å². The fourth-order valence-electron chi connectivity index (χ4n) is 2.09. The Hall–Kier alpha value is -1.30. The molecule has 0 aliphatic carbocycles. The maximum Gasteiger partial charge on any atom is 0.258 e. The Balaban J connectivity index is 1.84. The van der Waals surface area contributed by atoms with E-state index in [0.29, 0.717) is 30.5 Å². The normalized spacial score (nSPS) is 15.9. The molecule has 1 aliphatic heterocycles. The van der Waals surface area contributed by atoms with Crippen LogP contribution in [0, 0.1) is 0 Å². The fourth-order valence-corrected chi connectivity index (χ4v) is 2.25. The summed E-state index contributed by atoms with van der Waals surface area (Å²) < 4.78 is 10.7. The standard InChI is InChI=1S/C14H19ClN2O3/c15-11-2-1-10(8-16)13(7-11)20-9-14(18)17-12-3-5-19-6-4-12/h1-2,7,12H,3-6,8-9,16H2,(H,17,18). The predicted octanol–water partition coefficient (Wildman–Crippen LogP) is 1.47. The minimum atomic E-state index is -0.139. The topological polar surface area (TPSA) is 73.6 Å². The van der Waals surface area contributed by atoms with Crippen molar-refractivity contribution in [3.05, 3.63) is 28.8 Å². The number of amides is 1. The highest BCUT2D eigenvalue weighted by Gasteiger charge is 2.16. The Bertz CT molecular complexity index is 462. The summed E-state index contributed by atoms with van der Waals surface area (Å²) in [6, 6.07) is 5.39. The van der Waals surface area contributed by atoms with Crippen LogP contribution in [-0.2, 0) is 16.1 Å². The summed E-state index contributed by atoms with van der Waals surface area (Å²) in [5.74, 6) is 0.418. The van der Waals surface area contributed by atoms with E-state index in [4.69, 9.17) is 26.8 Å². The van der Waals surface area contributed by atoms with E-state index >= 15 is 0 Å². The summed E-state index contributed by atoms with van der Waals surface area (Å²) in [6.45, 7) is 1.69. The number of nitrogens with one attached hydrogen (secondary N) is 1. The molecule has 1 fully saturated rings. The number of hydrogen-bond donors (Lipinski definition) is 2. The third kappa shape index (κ3) is 4.37. The van der Waals surface area contributed by atoms with E-state index in [2.05, 4.69) is 5.32 Å². The Morgan fingerprint density at radius 3 is 2.90 bits per heavy atom. The summed E-state index contributed by atoms with van der Waals surface area (Å²) in [7, 11) is 0. The van der Waals surface area contributed by atoms with Gasteiger partial charge in [-0.25, -0.2) is 0 Å². The van der Waals surface area contributed by atoms with Crippen LogP contribution in [0.15, 0.2) is 18.2 Å². The van der Waals surface area contributed by atoms with Crippen LogP contribution in [0.4, 0.5) is 0 Å². The number of ether oxygens (including phenoxy) is 2. The lowest BCUT2D eigenvalue weighted by Gasteiger charge is -2.23. The van der Waals surface area contributed by atoms with Crippen molar-refractivity contribution in [1.82, 2.24) is 5.32 Å². The third-order valence-corrected chi connectivity index (χ3v) is 3.43. The van der Waals surface area contributed by atoms with E-state index in [0.717, 1.165) is 18.4 Å². The van der Waals surface area contributed by atoms with Crippen molar-refractivity contribution in [2.24, 2.45) is 5.73 Å². The van der Waals surface area contributed by atoms with Gasteiger partial charge in [-0.15, -0.1) is 0 Å². The van der Waals surface area contributed by atoms with Crippen LogP contribution in [0.5, 0.6) is 5.75 Å². The maximum absolute atomic E-state index is 11.8. The molecule has 1 aliphatic rings. The van der Waals surface area contributed by atoms with E-state index in [-0.39, 0.29) is 18.6 Å². The van der Waals surface area contributed by atoms with Gasteiger partial charge in [-0.1, -0.05) is 17.7 Å². The number of hydrogen-bond acceptors (Lipinski definition) is 4. The van der Waals surface area contributed by atoms with Crippen LogP contribution in [0.1, 0.15) is 18.4 Å². The van der Waals surface area contributed by atoms with E-state index in [1.54, 1.807) is 18.2 Å². The molecule has 0 saturated carbocycles. The Kier molecular flexibility index (Phi) is 5.64. The van der Waals surface area contributed by atoms with Crippen LogP contribution < -0.4 is 15.8 Å². The van der Waals surface area contributed by atoms with E-state index in [1.165, 1.54) is 0 Å². The van der Waals surface area contributed by atoms with E-state index in [1.807, 2.05) is 0 Å². The molecule has 3 N–H and O–H groups in total. The van der Waals surface area contributed by atoms with Crippen molar-refractivity contribution >= 4 is 17.5 Å². The Morgan fingerprint density at radius 2 is 2.20 bits per heavy atom. The average molecular weight is 299 g/mol. The maximum atomic E-state index is 11.8. The summed E-state index contributed by atoms with van der Waals surface area (Å²) >= 11 is 5.91. The highest BCUT2D eigenvalue weighted by Crippen LogP contribution is 2.23. The first kappa shape index (κ1) is 15.1. The van der Waals surface area contributed by atoms with E-state index < -0.39 is 0 Å². The molecule has 6 heteroatoms. The van der Waals surface area contributed by atoms with Gasteiger partial charge in [0.15, 0.2) is 6.61 Å². The molecule has 0 spiro atoms. The van der Waals surface area contributed by atoms with Crippen molar-refractivity contribution < 1.29 is 14.3 Å². The largest absolute Gasteiger partial charge is 0.483 e. The number of benzene rings is 1. The third-order valence-electron chi connectivity index (χ3n) is 3.19. The zero-order chi connectivity index (χ0) is 14.4. The number of halogens is 1. The quantitative estimate of drug-likeness (QED) is 0.863. The summed E-state index contributed by atoms with van der Waals surface area (Å²) in [6.07, 6.45) is 1.69. The molecule has 0 radical (unpaired) electrons. The van der Waals surface area contributed by atoms with Gasteiger partial charge in [0, 0.05) is 36.4 Å². The highest BCUT2D eigenvalue weighted by molar-refractivity contribution is 6.30. The van der Waals surface area contributed by atoms with Gasteiger partial charge < -0.3 is 20.5 Å². The van der Waals surface area contributed by atoms with Gasteiger partial charge in [0.05, 0.1) is 0 Å². The first-order valence-electron chi connectivity index (χ1n) is 6.67. The molecule has 1 aromatic rings. The van der Waals surface area contributed by atoms with Gasteiger partial charge in [0.1, 0.15) is 5.75 Å². The molecule has 1 heterocycles. The molecule has 1 amide bonds. The molecular weight excluding hydrogens is 280 g/mol. The average Bonchev–Trinajstić information content (AvgIpc) is 2.46. The molecule has 0 unspecified atom stereocenters. The lowest BCUT2D eigenvalue weighted by atomic mass is 10.1. The molecule has 0 aromatic heterocycles. The zero-order valence-corrected chi connectivity index (χ0v) is 12.0. The van der Waals surface area contributed by atoms with Gasteiger partial charge in [-0.3, -0.25) is 4.79 Å². The van der Waals surface area contributed by atoms with Crippen LogP contribution in [0.3, 0.4) is 0 Å². The van der Waals surface area contributed by atoms with Crippen LogP contribution in [0.2, 0.25) is 5.02 Å². The van der Waals surface area contributed by atoms with Crippen molar-refractivity contribution in [3.63, 3.8) is 0 Å². The molecule has 110 valence electrons. The second-order valence-corrected chi connectivity index (χ2v) is 5.14. The van der Waals surface area contributed by atoms with Crippen molar-refractivity contribution in [3.8, 4) is 5.75 Å². The van der Waals surface area contributed by atoms with Crippen molar-refractivity contribution in [2.45, 2.75) is 25.4 Å². The first-order valence-corrected chi connectivity index (χ1v) is 7.05. The lowest BCUT2D eigenvalue weighted by molar-refractivity contribution is -0.124. The molecule has 1 aromatic carbocycles. The second kappa shape index (κ2) is 7.47. The van der Waals surface area contributed by atoms with Gasteiger partial charge in [-0.05, 0) is 25.0 Å². The minimum Gasteiger partial charge on any atom is -0.483 e. The molecule has 0 atom stereocenters. The number of carbonyl (C=O) groups excluding carboxylic acids is 1. The van der Waals surface area contributed by atoms with E-state index in [9.17, 15) is 4.79 Å². The zero-order valence-electron chi connectivity index (χ0n) is 11.2. The Morgan fingerprint density at radius 1 is 1.45 bits per heavy atom. The molecular formula is C14H19ClN2O3. The van der Waals surface area contributed by atoms with Gasteiger partial charge in [0.2, 0.25) is 0 Å². The SMILES string of the molecule is NCc1ccc(Cl)cc1OCC(=O)NC1CCOCC1. The van der Waals surface area contributed by atoms with Gasteiger partial charge in [-0.2, -0.15) is 0 Å². The minimum absolute atomic E-state index is 0.0370. The van der Waals surface area contributed by atoms with Crippen molar-refractivity contribution in [1.29, 1.82) is 0 Å². The molecule has 2 rings (SSSR count). The van der Waals surface area contributed by atoms with Crippen LogP contribution in [-0.4, -0.2) is 31.8 Å². The summed E-state index contributed by atoms with van der Waals surface area (Å²) in [5.41, 5.74) is 6.45. The van der Waals surface area contributed by atoms with Crippen molar-refractivity contribution in [2.75, 3.05) is 19.8 Å². The number of nitrogens with two attached hydrogens (primary N) is 1. The molecule has 1 saturated heterocycles. The predicted molar refractivity (Wildman–Crippen MR) is 76.8 cm³/mol. The number of rotatable bonds is 5. The molecule has 0 bridgehead atoms. The molecule has 20 heavy (non-hydrogen) atoms.